The molecule has 2 aromatic rings. The molecule has 0 aliphatic carbocycles. The predicted molar refractivity (Wildman–Crippen MR) is 73.1 cm³/mol. The van der Waals surface area contributed by atoms with Gasteiger partial charge in [0.05, 0.1) is 5.69 Å². The molecule has 3 rings (SSSR count). The molecule has 2 N–H and O–H groups in total. The number of pyridine rings is 1. The number of rotatable bonds is 4. The molecular formula is C14H16N4O2. The van der Waals surface area contributed by atoms with Crippen molar-refractivity contribution in [1.82, 2.24) is 20.0 Å². The van der Waals surface area contributed by atoms with Crippen molar-refractivity contribution in [2.45, 2.75) is 25.3 Å². The zero-order chi connectivity index (χ0) is 13.9. The largest absolute Gasteiger partial charge is 0.354 e. The van der Waals surface area contributed by atoms with Gasteiger partial charge in [-0.1, -0.05) is 6.07 Å². The first kappa shape index (κ1) is 12.7. The molecule has 20 heavy (non-hydrogen) atoms. The van der Waals surface area contributed by atoms with E-state index in [9.17, 15) is 9.59 Å². The van der Waals surface area contributed by atoms with Gasteiger partial charge < -0.3 is 15.0 Å². The van der Waals surface area contributed by atoms with Gasteiger partial charge in [-0.2, -0.15) is 0 Å². The van der Waals surface area contributed by atoms with Crippen LogP contribution in [0.1, 0.15) is 18.5 Å². The highest BCUT2D eigenvalue weighted by Gasteiger charge is 2.26. The van der Waals surface area contributed by atoms with Gasteiger partial charge in [0.2, 0.25) is 11.8 Å². The van der Waals surface area contributed by atoms with E-state index in [1.165, 1.54) is 0 Å². The summed E-state index contributed by atoms with van der Waals surface area (Å²) in [4.78, 5) is 27.3. The van der Waals surface area contributed by atoms with Crippen LogP contribution >= 0.6 is 0 Å². The first-order chi connectivity index (χ1) is 9.72. The van der Waals surface area contributed by atoms with Gasteiger partial charge in [0.1, 0.15) is 11.7 Å². The Balaban J connectivity index is 1.52. The molecule has 6 heteroatoms. The summed E-state index contributed by atoms with van der Waals surface area (Å²) in [5.41, 5.74) is 1.84. The number of carbonyl (C=O) groups excluding carboxylic acids is 2. The maximum atomic E-state index is 11.8. The highest BCUT2D eigenvalue weighted by atomic mass is 16.2. The Morgan fingerprint density at radius 1 is 1.50 bits per heavy atom. The van der Waals surface area contributed by atoms with Crippen LogP contribution in [0.2, 0.25) is 0 Å². The number of carbonyl (C=O) groups is 2. The highest BCUT2D eigenvalue weighted by molar-refractivity contribution is 5.90. The van der Waals surface area contributed by atoms with E-state index in [-0.39, 0.29) is 17.9 Å². The van der Waals surface area contributed by atoms with E-state index in [4.69, 9.17) is 0 Å². The van der Waals surface area contributed by atoms with Gasteiger partial charge >= 0.3 is 0 Å². The van der Waals surface area contributed by atoms with Crippen LogP contribution in [0.3, 0.4) is 0 Å². The molecule has 0 aromatic carbocycles. The number of fused-ring (bicyclic) bond motifs is 1. The summed E-state index contributed by atoms with van der Waals surface area (Å²) in [7, 11) is 0. The monoisotopic (exact) mass is 272 g/mol. The standard InChI is InChI=1S/C14H16N4O2/c19-13-5-4-11(17-13)14(20)15-7-6-10-9-18-8-2-1-3-12(18)16-10/h1-3,8-9,11H,4-7H2,(H,15,20)(H,17,19)/t11-/m1/s1. The lowest BCUT2D eigenvalue weighted by molar-refractivity contribution is -0.125. The van der Waals surface area contributed by atoms with Crippen molar-refractivity contribution < 1.29 is 9.59 Å². The van der Waals surface area contributed by atoms with Crippen molar-refractivity contribution in [2.75, 3.05) is 6.54 Å². The molecular weight excluding hydrogens is 256 g/mol. The van der Waals surface area contributed by atoms with Crippen molar-refractivity contribution in [3.8, 4) is 0 Å². The van der Waals surface area contributed by atoms with Gasteiger partial charge in [-0.25, -0.2) is 4.98 Å². The molecule has 1 aliphatic heterocycles. The van der Waals surface area contributed by atoms with E-state index in [2.05, 4.69) is 15.6 Å². The minimum Gasteiger partial charge on any atom is -0.354 e. The predicted octanol–water partition coefficient (Wildman–Crippen LogP) is 0.272. The molecule has 0 unspecified atom stereocenters. The number of nitrogens with zero attached hydrogens (tertiary/aromatic N) is 2. The summed E-state index contributed by atoms with van der Waals surface area (Å²) in [6.07, 6.45) is 5.59. The summed E-state index contributed by atoms with van der Waals surface area (Å²) in [6, 6.07) is 5.46. The van der Waals surface area contributed by atoms with Crippen molar-refractivity contribution in [1.29, 1.82) is 0 Å². The minimum absolute atomic E-state index is 0.0505. The lowest BCUT2D eigenvalue weighted by Gasteiger charge is -2.09. The molecule has 3 heterocycles. The molecule has 1 fully saturated rings. The highest BCUT2D eigenvalue weighted by Crippen LogP contribution is 2.07. The van der Waals surface area contributed by atoms with Crippen LogP contribution in [0.25, 0.3) is 5.65 Å². The third-order valence-electron chi connectivity index (χ3n) is 3.41. The Morgan fingerprint density at radius 3 is 3.15 bits per heavy atom. The van der Waals surface area contributed by atoms with Crippen LogP contribution in [-0.2, 0) is 16.0 Å². The van der Waals surface area contributed by atoms with E-state index in [1.54, 1.807) is 0 Å². The van der Waals surface area contributed by atoms with Crippen molar-refractivity contribution >= 4 is 17.5 Å². The van der Waals surface area contributed by atoms with E-state index < -0.39 is 0 Å². The van der Waals surface area contributed by atoms with Gasteiger partial charge in [-0.3, -0.25) is 9.59 Å². The molecule has 0 spiro atoms. The molecule has 2 aromatic heterocycles. The second-order valence-corrected chi connectivity index (χ2v) is 4.90. The first-order valence-corrected chi connectivity index (χ1v) is 6.72. The molecule has 104 valence electrons. The molecule has 1 atom stereocenters. The van der Waals surface area contributed by atoms with Crippen molar-refractivity contribution in [3.63, 3.8) is 0 Å². The van der Waals surface area contributed by atoms with Crippen molar-refractivity contribution in [3.05, 3.63) is 36.3 Å². The van der Waals surface area contributed by atoms with Crippen LogP contribution < -0.4 is 10.6 Å². The van der Waals surface area contributed by atoms with E-state index >= 15 is 0 Å². The average Bonchev–Trinajstić information content (AvgIpc) is 3.04. The third kappa shape index (κ3) is 2.64. The Labute approximate surface area is 116 Å². The fourth-order valence-corrected chi connectivity index (χ4v) is 2.36. The average molecular weight is 272 g/mol. The van der Waals surface area contributed by atoms with Gasteiger partial charge in [0, 0.05) is 31.8 Å². The van der Waals surface area contributed by atoms with Crippen LogP contribution in [-0.4, -0.2) is 33.8 Å². The van der Waals surface area contributed by atoms with Crippen LogP contribution in [0.15, 0.2) is 30.6 Å². The molecule has 1 aliphatic rings. The summed E-state index contributed by atoms with van der Waals surface area (Å²) in [5, 5.41) is 5.49. The molecule has 2 amide bonds. The quantitative estimate of drug-likeness (QED) is 0.839. The number of aromatic nitrogens is 2. The Morgan fingerprint density at radius 2 is 2.40 bits per heavy atom. The summed E-state index contributed by atoms with van der Waals surface area (Å²) in [5.74, 6) is -0.162. The lowest BCUT2D eigenvalue weighted by atomic mass is 10.2. The fraction of sp³-hybridized carbons (Fsp3) is 0.357. The molecule has 1 saturated heterocycles. The Hall–Kier alpha value is -2.37. The van der Waals surface area contributed by atoms with Gasteiger partial charge in [-0.05, 0) is 18.6 Å². The normalized spacial score (nSPS) is 18.2. The molecule has 0 radical (unpaired) electrons. The maximum Gasteiger partial charge on any atom is 0.242 e. The first-order valence-electron chi connectivity index (χ1n) is 6.72. The second kappa shape index (κ2) is 5.32. The summed E-state index contributed by atoms with van der Waals surface area (Å²) >= 11 is 0. The molecule has 0 bridgehead atoms. The van der Waals surface area contributed by atoms with E-state index in [0.29, 0.717) is 25.8 Å². The molecule has 6 nitrogen and oxygen atoms in total. The van der Waals surface area contributed by atoms with Gasteiger partial charge in [-0.15, -0.1) is 0 Å². The van der Waals surface area contributed by atoms with Gasteiger partial charge in [0.25, 0.3) is 0 Å². The van der Waals surface area contributed by atoms with E-state index in [1.807, 2.05) is 35.0 Å². The number of hydrogen-bond donors (Lipinski definition) is 2. The molecule has 0 saturated carbocycles. The summed E-state index contributed by atoms with van der Waals surface area (Å²) in [6.45, 7) is 0.523. The van der Waals surface area contributed by atoms with Crippen molar-refractivity contribution in [2.24, 2.45) is 0 Å². The van der Waals surface area contributed by atoms with Crippen LogP contribution in [0.4, 0.5) is 0 Å². The number of amides is 2. The smallest absolute Gasteiger partial charge is 0.242 e. The maximum absolute atomic E-state index is 11.8. The Kier molecular flexibility index (Phi) is 3.37. The number of nitrogens with one attached hydrogen (secondary N) is 2. The van der Waals surface area contributed by atoms with Crippen LogP contribution in [0, 0.1) is 0 Å². The second-order valence-electron chi connectivity index (χ2n) is 4.90. The van der Waals surface area contributed by atoms with E-state index in [0.717, 1.165) is 11.3 Å². The zero-order valence-corrected chi connectivity index (χ0v) is 11.0. The summed E-state index contributed by atoms with van der Waals surface area (Å²) < 4.78 is 1.95. The number of hydrogen-bond acceptors (Lipinski definition) is 3. The minimum atomic E-state index is -0.372. The topological polar surface area (TPSA) is 75.5 Å². The third-order valence-corrected chi connectivity index (χ3v) is 3.41. The SMILES string of the molecule is O=C1CC[C@H](C(=O)NCCc2cn3ccccc3n2)N1. The Bertz CT molecular complexity index is 616. The van der Waals surface area contributed by atoms with Gasteiger partial charge in [0.15, 0.2) is 0 Å². The number of imidazole rings is 1. The fourth-order valence-electron chi connectivity index (χ4n) is 2.36. The zero-order valence-electron chi connectivity index (χ0n) is 11.0. The van der Waals surface area contributed by atoms with Crippen LogP contribution in [0.5, 0.6) is 0 Å². The lowest BCUT2D eigenvalue weighted by Crippen LogP contribution is -2.42.